The molecule has 1 aliphatic rings. The molecule has 2 aromatic rings. The lowest BCUT2D eigenvalue weighted by atomic mass is 9.80. The average Bonchev–Trinajstić information content (AvgIpc) is 2.76. The van der Waals surface area contributed by atoms with E-state index in [1.54, 1.807) is 0 Å². The molecule has 0 bridgehead atoms. The number of nitrogens with two attached hydrogens (primary N) is 1. The molecule has 1 fully saturated rings. The Kier molecular flexibility index (Phi) is 2.78. The Balaban J connectivity index is 1.93. The maximum absolute atomic E-state index is 5.62. The zero-order valence-electron chi connectivity index (χ0n) is 10.6. The number of hydrogen-bond donors (Lipinski definition) is 1. The van der Waals surface area contributed by atoms with E-state index in [2.05, 4.69) is 21.5 Å². The van der Waals surface area contributed by atoms with E-state index in [0.717, 1.165) is 17.2 Å². The molecule has 0 aliphatic heterocycles. The van der Waals surface area contributed by atoms with Crippen LogP contribution in [0.2, 0.25) is 0 Å². The van der Waals surface area contributed by atoms with Crippen LogP contribution in [0.4, 0.5) is 5.82 Å². The Morgan fingerprint density at radius 1 is 1.33 bits per heavy atom. The molecule has 4 heteroatoms. The largest absolute Gasteiger partial charge is 0.384 e. The van der Waals surface area contributed by atoms with Gasteiger partial charge in [-0.2, -0.15) is 0 Å². The number of nitrogen functional groups attached to an aromatic ring is 1. The third-order valence-corrected chi connectivity index (χ3v) is 4.02. The number of rotatable bonds is 3. The van der Waals surface area contributed by atoms with E-state index in [4.69, 9.17) is 5.73 Å². The van der Waals surface area contributed by atoms with Gasteiger partial charge in [0.1, 0.15) is 5.82 Å². The van der Waals surface area contributed by atoms with Crippen LogP contribution in [0.25, 0.3) is 11.3 Å². The van der Waals surface area contributed by atoms with Crippen molar-refractivity contribution in [1.29, 1.82) is 0 Å². The van der Waals surface area contributed by atoms with Crippen LogP contribution in [-0.2, 0) is 0 Å². The number of anilines is 1. The number of nitrogens with zero attached hydrogens (tertiary/aromatic N) is 3. The topological polar surface area (TPSA) is 56.7 Å². The summed E-state index contributed by atoms with van der Waals surface area (Å²) in [6.45, 7) is 2.28. The molecule has 18 heavy (non-hydrogen) atoms. The molecule has 1 aliphatic carbocycles. The zero-order chi connectivity index (χ0) is 12.5. The van der Waals surface area contributed by atoms with E-state index in [1.807, 2.05) is 30.9 Å². The SMILES string of the molecule is CC(C1CCC1)n1cncc1-c1ccc(N)nc1. The summed E-state index contributed by atoms with van der Waals surface area (Å²) in [6.07, 6.45) is 9.67. The first kappa shape index (κ1) is 11.3. The molecule has 0 spiro atoms. The smallest absolute Gasteiger partial charge is 0.123 e. The lowest BCUT2D eigenvalue weighted by Gasteiger charge is -2.33. The highest BCUT2D eigenvalue weighted by Crippen LogP contribution is 2.37. The Bertz CT molecular complexity index is 525. The van der Waals surface area contributed by atoms with Gasteiger partial charge in [-0.1, -0.05) is 6.42 Å². The molecular formula is C14H18N4. The van der Waals surface area contributed by atoms with E-state index >= 15 is 0 Å². The number of imidazole rings is 1. The second-order valence-corrected chi connectivity index (χ2v) is 5.09. The van der Waals surface area contributed by atoms with Crippen molar-refractivity contribution in [2.24, 2.45) is 5.92 Å². The summed E-state index contributed by atoms with van der Waals surface area (Å²) in [7, 11) is 0. The van der Waals surface area contributed by atoms with Gasteiger partial charge in [-0.25, -0.2) is 9.97 Å². The monoisotopic (exact) mass is 242 g/mol. The molecule has 2 N–H and O–H groups in total. The highest BCUT2D eigenvalue weighted by atomic mass is 15.1. The van der Waals surface area contributed by atoms with Crippen LogP contribution in [0.1, 0.15) is 32.2 Å². The summed E-state index contributed by atoms with van der Waals surface area (Å²) in [4.78, 5) is 8.44. The highest BCUT2D eigenvalue weighted by Gasteiger charge is 2.26. The van der Waals surface area contributed by atoms with Gasteiger partial charge in [0.2, 0.25) is 0 Å². The number of pyridine rings is 1. The van der Waals surface area contributed by atoms with Crippen LogP contribution in [0.3, 0.4) is 0 Å². The summed E-state index contributed by atoms with van der Waals surface area (Å²) in [6, 6.07) is 4.35. The molecule has 4 nitrogen and oxygen atoms in total. The van der Waals surface area contributed by atoms with Crippen LogP contribution in [0.5, 0.6) is 0 Å². The summed E-state index contributed by atoms with van der Waals surface area (Å²) in [5, 5.41) is 0. The third-order valence-electron chi connectivity index (χ3n) is 4.02. The predicted octanol–water partition coefficient (Wildman–Crippen LogP) is 2.89. The molecule has 1 atom stereocenters. The molecule has 94 valence electrons. The first-order chi connectivity index (χ1) is 8.75. The molecular weight excluding hydrogens is 224 g/mol. The Labute approximate surface area is 107 Å². The van der Waals surface area contributed by atoms with E-state index in [1.165, 1.54) is 19.3 Å². The van der Waals surface area contributed by atoms with Gasteiger partial charge in [0.25, 0.3) is 0 Å². The van der Waals surface area contributed by atoms with Gasteiger partial charge in [-0.3, -0.25) is 0 Å². The van der Waals surface area contributed by atoms with Crippen LogP contribution >= 0.6 is 0 Å². The Morgan fingerprint density at radius 2 is 2.17 bits per heavy atom. The van der Waals surface area contributed by atoms with Gasteiger partial charge in [0.15, 0.2) is 0 Å². The maximum atomic E-state index is 5.62. The minimum atomic E-state index is 0.508. The molecule has 3 rings (SSSR count). The lowest BCUT2D eigenvalue weighted by Crippen LogP contribution is -2.22. The van der Waals surface area contributed by atoms with Crippen molar-refractivity contribution in [2.75, 3.05) is 5.73 Å². The van der Waals surface area contributed by atoms with Crippen molar-refractivity contribution < 1.29 is 0 Å². The van der Waals surface area contributed by atoms with Gasteiger partial charge < -0.3 is 10.3 Å². The summed E-state index contributed by atoms with van der Waals surface area (Å²) in [5.74, 6) is 1.34. The molecule has 0 radical (unpaired) electrons. The second kappa shape index (κ2) is 4.44. The summed E-state index contributed by atoms with van der Waals surface area (Å²) in [5.41, 5.74) is 7.83. The summed E-state index contributed by atoms with van der Waals surface area (Å²) < 4.78 is 2.26. The van der Waals surface area contributed by atoms with E-state index in [9.17, 15) is 0 Å². The van der Waals surface area contributed by atoms with Gasteiger partial charge in [0, 0.05) is 17.8 Å². The fraction of sp³-hybridized carbons (Fsp3) is 0.429. The van der Waals surface area contributed by atoms with Gasteiger partial charge in [0.05, 0.1) is 18.2 Å². The fourth-order valence-corrected chi connectivity index (χ4v) is 2.56. The van der Waals surface area contributed by atoms with E-state index < -0.39 is 0 Å². The standard InChI is InChI=1S/C14H18N4/c1-10(11-3-2-4-11)18-9-16-8-13(18)12-5-6-14(15)17-7-12/h5-11H,2-4H2,1H3,(H2,15,17). The molecule has 1 unspecified atom stereocenters. The van der Waals surface area contributed by atoms with Crippen molar-refractivity contribution >= 4 is 5.82 Å². The molecule has 0 aromatic carbocycles. The average molecular weight is 242 g/mol. The third kappa shape index (κ3) is 1.88. The minimum absolute atomic E-state index is 0.508. The fourth-order valence-electron chi connectivity index (χ4n) is 2.56. The van der Waals surface area contributed by atoms with Gasteiger partial charge >= 0.3 is 0 Å². The van der Waals surface area contributed by atoms with Crippen molar-refractivity contribution in [3.63, 3.8) is 0 Å². The quantitative estimate of drug-likeness (QED) is 0.900. The normalized spacial score (nSPS) is 17.4. The zero-order valence-corrected chi connectivity index (χ0v) is 10.6. The molecule has 1 saturated carbocycles. The van der Waals surface area contributed by atoms with Gasteiger partial charge in [-0.05, 0) is 37.8 Å². The van der Waals surface area contributed by atoms with Crippen molar-refractivity contribution in [1.82, 2.24) is 14.5 Å². The first-order valence-electron chi connectivity index (χ1n) is 6.49. The minimum Gasteiger partial charge on any atom is -0.384 e. The Hall–Kier alpha value is -1.84. The number of hydrogen-bond acceptors (Lipinski definition) is 3. The Morgan fingerprint density at radius 3 is 2.78 bits per heavy atom. The van der Waals surface area contributed by atoms with Crippen molar-refractivity contribution in [3.8, 4) is 11.3 Å². The van der Waals surface area contributed by atoms with E-state index in [-0.39, 0.29) is 0 Å². The summed E-state index contributed by atoms with van der Waals surface area (Å²) >= 11 is 0. The van der Waals surface area contributed by atoms with Crippen LogP contribution < -0.4 is 5.73 Å². The molecule has 0 saturated heterocycles. The first-order valence-corrected chi connectivity index (χ1v) is 6.49. The second-order valence-electron chi connectivity index (χ2n) is 5.09. The van der Waals surface area contributed by atoms with Gasteiger partial charge in [-0.15, -0.1) is 0 Å². The van der Waals surface area contributed by atoms with E-state index in [0.29, 0.717) is 11.9 Å². The molecule has 0 amide bonds. The van der Waals surface area contributed by atoms with Crippen molar-refractivity contribution in [2.45, 2.75) is 32.2 Å². The maximum Gasteiger partial charge on any atom is 0.123 e. The predicted molar refractivity (Wildman–Crippen MR) is 71.9 cm³/mol. The van der Waals surface area contributed by atoms with Crippen LogP contribution in [-0.4, -0.2) is 14.5 Å². The lowest BCUT2D eigenvalue weighted by molar-refractivity contribution is 0.223. The molecule has 2 aromatic heterocycles. The van der Waals surface area contributed by atoms with Crippen molar-refractivity contribution in [3.05, 3.63) is 30.9 Å². The number of aromatic nitrogens is 3. The molecule has 2 heterocycles. The van der Waals surface area contributed by atoms with Crippen LogP contribution in [0, 0.1) is 5.92 Å². The highest BCUT2D eigenvalue weighted by molar-refractivity contribution is 5.59. The van der Waals surface area contributed by atoms with Crippen LogP contribution in [0.15, 0.2) is 30.9 Å².